The Morgan fingerprint density at radius 2 is 1.94 bits per heavy atom. The molecular formula is C25H40N4O3. The Labute approximate surface area is 193 Å². The van der Waals surface area contributed by atoms with Gasteiger partial charge in [0.15, 0.2) is 5.79 Å². The molecule has 178 valence electrons. The Bertz CT molecular complexity index is 740. The Hall–Kier alpha value is -1.83. The third kappa shape index (κ3) is 5.38. The number of anilines is 1. The number of nitrogens with one attached hydrogen (secondary N) is 1. The smallest absolute Gasteiger partial charge is 0.317 e. The van der Waals surface area contributed by atoms with Crippen molar-refractivity contribution in [3.05, 3.63) is 30.3 Å². The van der Waals surface area contributed by atoms with Crippen molar-refractivity contribution in [2.75, 3.05) is 58.4 Å². The molecule has 3 atom stereocenters. The van der Waals surface area contributed by atoms with E-state index in [4.69, 9.17) is 9.47 Å². The number of amides is 2. The number of carbonyl (C=O) groups is 1. The second-order valence-electron chi connectivity index (χ2n) is 9.73. The number of likely N-dealkylation sites (tertiary alicyclic amines) is 1. The number of urea groups is 1. The zero-order chi connectivity index (χ0) is 22.6. The average Bonchev–Trinajstić information content (AvgIpc) is 3.25. The minimum Gasteiger partial charge on any atom is -0.373 e. The van der Waals surface area contributed by atoms with Crippen molar-refractivity contribution < 1.29 is 14.3 Å². The standard InChI is InChI=1S/C25H40N4O3/c1-4-12-29-19-21(17-20-18-25(11-10-23(20)29)31-15-16-32-25)26-24(30)28(3)14-13-27(2)22-8-6-5-7-9-22/h5-9,20-21,23H,4,10-19H2,1-3H3,(H,26,30)/t20-,21+,23-/m1/s1. The third-order valence-electron chi connectivity index (χ3n) is 7.42. The summed E-state index contributed by atoms with van der Waals surface area (Å²) in [5, 5.41) is 3.33. The van der Waals surface area contributed by atoms with Crippen LogP contribution in [0.5, 0.6) is 0 Å². The van der Waals surface area contributed by atoms with Gasteiger partial charge in [-0.1, -0.05) is 25.1 Å². The fourth-order valence-corrected chi connectivity index (χ4v) is 5.73. The summed E-state index contributed by atoms with van der Waals surface area (Å²) in [5.74, 6) is 0.131. The van der Waals surface area contributed by atoms with Crippen LogP contribution >= 0.6 is 0 Å². The van der Waals surface area contributed by atoms with Gasteiger partial charge in [-0.15, -0.1) is 0 Å². The zero-order valence-corrected chi connectivity index (χ0v) is 20.0. The Balaban J connectivity index is 1.31. The van der Waals surface area contributed by atoms with Gasteiger partial charge in [0.2, 0.25) is 0 Å². The summed E-state index contributed by atoms with van der Waals surface area (Å²) in [6.07, 6.45) is 5.19. The summed E-state index contributed by atoms with van der Waals surface area (Å²) in [4.78, 5) is 19.6. The third-order valence-corrected chi connectivity index (χ3v) is 7.42. The second kappa shape index (κ2) is 10.4. The molecular weight excluding hydrogens is 404 g/mol. The summed E-state index contributed by atoms with van der Waals surface area (Å²) in [5.41, 5.74) is 1.16. The highest BCUT2D eigenvalue weighted by Gasteiger charge is 2.49. The Morgan fingerprint density at radius 1 is 1.19 bits per heavy atom. The van der Waals surface area contributed by atoms with Crippen LogP contribution in [0.4, 0.5) is 10.5 Å². The summed E-state index contributed by atoms with van der Waals surface area (Å²) in [6.45, 7) is 7.15. The number of ether oxygens (including phenoxy) is 2. The lowest BCUT2D eigenvalue weighted by Gasteiger charge is -2.51. The van der Waals surface area contributed by atoms with Crippen molar-refractivity contribution in [2.45, 2.75) is 56.9 Å². The van der Waals surface area contributed by atoms with Crippen molar-refractivity contribution in [3.8, 4) is 0 Å². The first-order valence-corrected chi connectivity index (χ1v) is 12.3. The Morgan fingerprint density at radius 3 is 2.66 bits per heavy atom. The Kier molecular flexibility index (Phi) is 7.59. The molecule has 1 aromatic rings. The van der Waals surface area contributed by atoms with E-state index in [1.807, 2.05) is 25.2 Å². The summed E-state index contributed by atoms with van der Waals surface area (Å²) >= 11 is 0. The molecule has 7 heteroatoms. The van der Waals surface area contributed by atoms with Gasteiger partial charge < -0.3 is 24.6 Å². The lowest BCUT2D eigenvalue weighted by Crippen LogP contribution is -2.60. The van der Waals surface area contributed by atoms with Crippen LogP contribution in [0.15, 0.2) is 30.3 Å². The van der Waals surface area contributed by atoms with Gasteiger partial charge in [-0.05, 0) is 43.9 Å². The average molecular weight is 445 g/mol. The van der Waals surface area contributed by atoms with Crippen LogP contribution < -0.4 is 10.2 Å². The van der Waals surface area contributed by atoms with Crippen LogP contribution in [0.3, 0.4) is 0 Å². The number of benzene rings is 1. The lowest BCUT2D eigenvalue weighted by atomic mass is 9.74. The van der Waals surface area contributed by atoms with Gasteiger partial charge in [0.25, 0.3) is 0 Å². The van der Waals surface area contributed by atoms with E-state index in [-0.39, 0.29) is 17.9 Å². The molecule has 2 aliphatic heterocycles. The predicted octanol–water partition coefficient (Wildman–Crippen LogP) is 3.16. The number of carbonyl (C=O) groups excluding carboxylic acids is 1. The molecule has 2 heterocycles. The number of hydrogen-bond acceptors (Lipinski definition) is 5. The molecule has 0 unspecified atom stereocenters. The maximum absolute atomic E-state index is 13.0. The van der Waals surface area contributed by atoms with Crippen LogP contribution in [0.2, 0.25) is 0 Å². The van der Waals surface area contributed by atoms with Gasteiger partial charge in [-0.25, -0.2) is 4.79 Å². The number of para-hydroxylation sites is 1. The van der Waals surface area contributed by atoms with E-state index in [1.54, 1.807) is 4.90 Å². The first-order chi connectivity index (χ1) is 15.5. The first kappa shape index (κ1) is 23.3. The summed E-state index contributed by atoms with van der Waals surface area (Å²) in [6, 6.07) is 11.1. The highest BCUT2D eigenvalue weighted by atomic mass is 16.7. The molecule has 3 aliphatic rings. The van der Waals surface area contributed by atoms with Crippen molar-refractivity contribution in [3.63, 3.8) is 0 Å². The van der Waals surface area contributed by atoms with Crippen LogP contribution in [0.25, 0.3) is 0 Å². The van der Waals surface area contributed by atoms with Crippen molar-refractivity contribution in [2.24, 2.45) is 5.92 Å². The molecule has 2 saturated heterocycles. The summed E-state index contributed by atoms with van der Waals surface area (Å²) < 4.78 is 12.1. The first-order valence-electron chi connectivity index (χ1n) is 12.3. The SMILES string of the molecule is CCCN1C[C@@H](NC(=O)N(C)CCN(C)c2ccccc2)C[C@@H]2CC3(CC[C@H]21)OCCO3. The van der Waals surface area contributed by atoms with Crippen LogP contribution in [0, 0.1) is 5.92 Å². The van der Waals surface area contributed by atoms with E-state index >= 15 is 0 Å². The van der Waals surface area contributed by atoms with E-state index in [0.717, 1.165) is 57.4 Å². The quantitative estimate of drug-likeness (QED) is 0.700. The van der Waals surface area contributed by atoms with Crippen LogP contribution in [-0.4, -0.2) is 87.2 Å². The van der Waals surface area contributed by atoms with E-state index in [0.29, 0.717) is 31.7 Å². The van der Waals surface area contributed by atoms with E-state index in [2.05, 4.69) is 41.2 Å². The van der Waals surface area contributed by atoms with Crippen LogP contribution in [0.1, 0.15) is 39.0 Å². The molecule has 1 aliphatic carbocycles. The highest BCUT2D eigenvalue weighted by Crippen LogP contribution is 2.44. The highest BCUT2D eigenvalue weighted by molar-refractivity contribution is 5.74. The molecule has 3 fully saturated rings. The number of hydrogen-bond donors (Lipinski definition) is 1. The maximum Gasteiger partial charge on any atom is 0.317 e. The molecule has 4 rings (SSSR count). The molecule has 2 amide bonds. The van der Waals surface area contributed by atoms with Crippen molar-refractivity contribution >= 4 is 11.7 Å². The fourth-order valence-electron chi connectivity index (χ4n) is 5.73. The molecule has 0 aromatic heterocycles. The number of nitrogens with zero attached hydrogens (tertiary/aromatic N) is 3. The summed E-state index contributed by atoms with van der Waals surface area (Å²) in [7, 11) is 3.95. The number of likely N-dealkylation sites (N-methyl/N-ethyl adjacent to an activating group) is 2. The van der Waals surface area contributed by atoms with E-state index in [1.165, 1.54) is 0 Å². The van der Waals surface area contributed by atoms with Gasteiger partial charge in [0, 0.05) is 64.3 Å². The predicted molar refractivity (Wildman–Crippen MR) is 127 cm³/mol. The molecule has 32 heavy (non-hydrogen) atoms. The minimum absolute atomic E-state index is 0.0187. The van der Waals surface area contributed by atoms with Gasteiger partial charge in [0.1, 0.15) is 0 Å². The van der Waals surface area contributed by atoms with Gasteiger partial charge in [-0.2, -0.15) is 0 Å². The normalized spacial score (nSPS) is 27.2. The van der Waals surface area contributed by atoms with Gasteiger partial charge in [0.05, 0.1) is 13.2 Å². The van der Waals surface area contributed by atoms with E-state index in [9.17, 15) is 4.79 Å². The molecule has 7 nitrogen and oxygen atoms in total. The second-order valence-corrected chi connectivity index (χ2v) is 9.73. The van der Waals surface area contributed by atoms with Crippen LogP contribution in [-0.2, 0) is 9.47 Å². The number of rotatable bonds is 7. The molecule has 1 aromatic carbocycles. The van der Waals surface area contributed by atoms with Crippen molar-refractivity contribution in [1.82, 2.24) is 15.1 Å². The molecule has 1 saturated carbocycles. The lowest BCUT2D eigenvalue weighted by molar-refractivity contribution is -0.201. The fraction of sp³-hybridized carbons (Fsp3) is 0.720. The molecule has 0 radical (unpaired) electrons. The maximum atomic E-state index is 13.0. The molecule has 1 spiro atoms. The number of piperidine rings is 1. The van der Waals surface area contributed by atoms with Gasteiger partial charge >= 0.3 is 6.03 Å². The van der Waals surface area contributed by atoms with E-state index < -0.39 is 0 Å². The molecule has 1 N–H and O–H groups in total. The number of fused-ring (bicyclic) bond motifs is 1. The monoisotopic (exact) mass is 444 g/mol. The van der Waals surface area contributed by atoms with Gasteiger partial charge in [-0.3, -0.25) is 4.90 Å². The zero-order valence-electron chi connectivity index (χ0n) is 20.0. The minimum atomic E-state index is -0.371. The largest absolute Gasteiger partial charge is 0.373 e. The molecule has 0 bridgehead atoms. The van der Waals surface area contributed by atoms with Crippen molar-refractivity contribution in [1.29, 1.82) is 0 Å². The topological polar surface area (TPSA) is 57.3 Å².